The van der Waals surface area contributed by atoms with E-state index in [-0.39, 0.29) is 35.7 Å². The molecule has 1 N–H and O–H groups in total. The first kappa shape index (κ1) is 19.0. The molecule has 1 amide bonds. The van der Waals surface area contributed by atoms with E-state index < -0.39 is 0 Å². The van der Waals surface area contributed by atoms with Crippen molar-refractivity contribution in [2.75, 3.05) is 5.32 Å². The van der Waals surface area contributed by atoms with Gasteiger partial charge in [0.05, 0.1) is 10.6 Å². The predicted molar refractivity (Wildman–Crippen MR) is 109 cm³/mol. The summed E-state index contributed by atoms with van der Waals surface area (Å²) in [5, 5.41) is 3.21. The van der Waals surface area contributed by atoms with Crippen LogP contribution in [0.4, 0.5) is 5.13 Å². The fourth-order valence-corrected chi connectivity index (χ4v) is 5.01. The fraction of sp³-hybridized carbons (Fsp3) is 0.455. The Kier molecular flexibility index (Phi) is 4.91. The number of nitrogens with zero attached hydrogens (tertiary/aromatic N) is 1. The van der Waals surface area contributed by atoms with E-state index >= 15 is 0 Å². The second-order valence-electron chi connectivity index (χ2n) is 8.54. The van der Waals surface area contributed by atoms with Gasteiger partial charge in [-0.2, -0.15) is 0 Å². The van der Waals surface area contributed by atoms with Crippen molar-refractivity contribution in [3.05, 3.63) is 45.5 Å². The molecule has 146 valence electrons. The van der Waals surface area contributed by atoms with Crippen molar-refractivity contribution in [2.45, 2.75) is 58.8 Å². The van der Waals surface area contributed by atoms with E-state index in [0.717, 1.165) is 31.4 Å². The highest BCUT2D eigenvalue weighted by molar-refractivity contribution is 7.17. The Labute approximate surface area is 168 Å². The first-order valence-corrected chi connectivity index (χ1v) is 10.6. The van der Waals surface area contributed by atoms with E-state index in [0.29, 0.717) is 22.0 Å². The third-order valence-electron chi connectivity index (χ3n) is 5.48. The van der Waals surface area contributed by atoms with Gasteiger partial charge >= 0.3 is 0 Å². The molecular formula is C22H24N2O3S. The molecule has 0 atom stereocenters. The van der Waals surface area contributed by atoms with Gasteiger partial charge in [0.2, 0.25) is 5.91 Å². The molecule has 6 heteroatoms. The maximum atomic E-state index is 12.4. The summed E-state index contributed by atoms with van der Waals surface area (Å²) in [6, 6.07) is 5.88. The normalized spacial score (nSPS) is 17.1. The first-order chi connectivity index (χ1) is 13.3. The zero-order valence-electron chi connectivity index (χ0n) is 16.3. The Morgan fingerprint density at radius 2 is 1.93 bits per heavy atom. The molecule has 28 heavy (non-hydrogen) atoms. The maximum Gasteiger partial charge on any atom is 0.226 e. The minimum absolute atomic E-state index is 0.0137. The molecule has 0 aliphatic heterocycles. The summed E-state index contributed by atoms with van der Waals surface area (Å²) in [7, 11) is 0. The van der Waals surface area contributed by atoms with Crippen LogP contribution in [-0.4, -0.2) is 22.5 Å². The predicted octanol–water partition coefficient (Wildman–Crippen LogP) is 4.39. The number of benzene rings is 1. The maximum absolute atomic E-state index is 12.4. The van der Waals surface area contributed by atoms with Crippen LogP contribution < -0.4 is 5.32 Å². The van der Waals surface area contributed by atoms with Gasteiger partial charge in [-0.1, -0.05) is 37.3 Å². The third-order valence-corrected chi connectivity index (χ3v) is 6.54. The summed E-state index contributed by atoms with van der Waals surface area (Å²) >= 11 is 1.24. The highest BCUT2D eigenvalue weighted by Gasteiger charge is 2.34. The van der Waals surface area contributed by atoms with Crippen molar-refractivity contribution in [2.24, 2.45) is 5.41 Å². The van der Waals surface area contributed by atoms with Gasteiger partial charge in [0.1, 0.15) is 0 Å². The smallest absolute Gasteiger partial charge is 0.226 e. The zero-order chi connectivity index (χ0) is 19.9. The van der Waals surface area contributed by atoms with E-state index in [2.05, 4.69) is 24.1 Å². The van der Waals surface area contributed by atoms with E-state index in [4.69, 9.17) is 0 Å². The summed E-state index contributed by atoms with van der Waals surface area (Å²) < 4.78 is 0. The number of carbonyl (C=O) groups excluding carboxylic acids is 3. The van der Waals surface area contributed by atoms with Gasteiger partial charge in [-0.15, -0.1) is 0 Å². The van der Waals surface area contributed by atoms with Crippen LogP contribution in [0.15, 0.2) is 18.2 Å². The molecule has 1 aromatic heterocycles. The Bertz CT molecular complexity index is 974. The van der Waals surface area contributed by atoms with Crippen molar-refractivity contribution in [1.82, 2.24) is 4.98 Å². The van der Waals surface area contributed by atoms with Gasteiger partial charge < -0.3 is 5.32 Å². The number of thiazole rings is 1. The van der Waals surface area contributed by atoms with Crippen LogP contribution in [0.2, 0.25) is 0 Å². The summed E-state index contributed by atoms with van der Waals surface area (Å²) in [4.78, 5) is 42.1. The Morgan fingerprint density at radius 1 is 1.14 bits per heavy atom. The lowest BCUT2D eigenvalue weighted by molar-refractivity contribution is -0.116. The molecule has 0 spiro atoms. The van der Waals surface area contributed by atoms with Crippen LogP contribution in [0.25, 0.3) is 0 Å². The number of amides is 1. The topological polar surface area (TPSA) is 76.1 Å². The van der Waals surface area contributed by atoms with Gasteiger partial charge in [-0.3, -0.25) is 14.4 Å². The quantitative estimate of drug-likeness (QED) is 0.761. The van der Waals surface area contributed by atoms with E-state index in [1.54, 1.807) is 0 Å². The molecule has 0 fully saturated rings. The molecule has 2 aromatic rings. The summed E-state index contributed by atoms with van der Waals surface area (Å²) in [6.07, 6.45) is 4.78. The Hall–Kier alpha value is -2.34. The largest absolute Gasteiger partial charge is 0.302 e. The number of hydrogen-bond donors (Lipinski definition) is 1. The van der Waals surface area contributed by atoms with Crippen molar-refractivity contribution in [3.63, 3.8) is 0 Å². The molecule has 1 aromatic carbocycles. The fourth-order valence-electron chi connectivity index (χ4n) is 4.07. The molecular weight excluding hydrogens is 372 g/mol. The van der Waals surface area contributed by atoms with Gasteiger partial charge in [0.25, 0.3) is 0 Å². The second kappa shape index (κ2) is 7.24. The van der Waals surface area contributed by atoms with Gasteiger partial charge in [-0.05, 0) is 48.3 Å². The minimum atomic E-state index is -0.243. The van der Waals surface area contributed by atoms with Crippen LogP contribution in [-0.2, 0) is 24.1 Å². The van der Waals surface area contributed by atoms with Crippen molar-refractivity contribution in [3.8, 4) is 0 Å². The van der Waals surface area contributed by atoms with Crippen LogP contribution in [0.5, 0.6) is 0 Å². The number of aromatic nitrogens is 1. The lowest BCUT2D eigenvalue weighted by atomic mass is 9.78. The van der Waals surface area contributed by atoms with Crippen LogP contribution in [0, 0.1) is 5.41 Å². The van der Waals surface area contributed by atoms with E-state index in [1.807, 2.05) is 18.2 Å². The molecule has 0 radical (unpaired) electrons. The minimum Gasteiger partial charge on any atom is -0.302 e. The van der Waals surface area contributed by atoms with Crippen molar-refractivity contribution < 1.29 is 14.4 Å². The number of nitrogens with one attached hydrogen (secondary N) is 1. The summed E-state index contributed by atoms with van der Waals surface area (Å²) in [5.74, 6) is -0.163. The number of fused-ring (bicyclic) bond motifs is 2. The molecule has 4 rings (SSSR count). The van der Waals surface area contributed by atoms with E-state index in [9.17, 15) is 14.4 Å². The Morgan fingerprint density at radius 3 is 2.75 bits per heavy atom. The van der Waals surface area contributed by atoms with Crippen molar-refractivity contribution >= 4 is 33.9 Å². The lowest BCUT2D eigenvalue weighted by Gasteiger charge is -2.26. The van der Waals surface area contributed by atoms with Crippen LogP contribution >= 0.6 is 11.3 Å². The molecule has 2 aliphatic rings. The second-order valence-corrected chi connectivity index (χ2v) is 9.54. The highest BCUT2D eigenvalue weighted by Crippen LogP contribution is 2.38. The first-order valence-electron chi connectivity index (χ1n) is 9.78. The number of anilines is 1. The Balaban J connectivity index is 1.35. The van der Waals surface area contributed by atoms with Crippen LogP contribution in [0.3, 0.4) is 0 Å². The summed E-state index contributed by atoms with van der Waals surface area (Å²) in [6.45, 7) is 4.10. The number of ketones is 2. The SMILES string of the molecule is CC1(C)CC(=O)c2sc(NC(=O)CCC(=O)c3ccc4c(c3)CCC4)nc2C1. The molecule has 0 bridgehead atoms. The van der Waals surface area contributed by atoms with Gasteiger partial charge in [0.15, 0.2) is 16.7 Å². The van der Waals surface area contributed by atoms with Crippen LogP contribution in [0.1, 0.15) is 76.4 Å². The number of hydrogen-bond acceptors (Lipinski definition) is 5. The molecule has 2 aliphatic carbocycles. The number of Topliss-reactive ketones (excluding diaryl/α,β-unsaturated/α-hetero) is 2. The average Bonchev–Trinajstić information content (AvgIpc) is 3.24. The van der Waals surface area contributed by atoms with E-state index in [1.165, 1.54) is 22.5 Å². The lowest BCUT2D eigenvalue weighted by Crippen LogP contribution is -2.26. The summed E-state index contributed by atoms with van der Waals surface area (Å²) in [5.41, 5.74) is 3.96. The van der Waals surface area contributed by atoms with Gasteiger partial charge in [0, 0.05) is 24.8 Å². The average molecular weight is 397 g/mol. The molecule has 0 unspecified atom stereocenters. The number of rotatable bonds is 5. The molecule has 5 nitrogen and oxygen atoms in total. The third kappa shape index (κ3) is 3.92. The number of carbonyl (C=O) groups is 3. The molecule has 1 heterocycles. The highest BCUT2D eigenvalue weighted by atomic mass is 32.1. The molecule has 0 saturated carbocycles. The molecule has 0 saturated heterocycles. The number of aryl methyl sites for hydroxylation is 2. The van der Waals surface area contributed by atoms with Gasteiger partial charge in [-0.25, -0.2) is 4.98 Å². The van der Waals surface area contributed by atoms with Crippen molar-refractivity contribution in [1.29, 1.82) is 0 Å². The monoisotopic (exact) mass is 396 g/mol. The zero-order valence-corrected chi connectivity index (χ0v) is 17.1. The standard InChI is InChI=1S/C22H24N2O3S/c1-22(2)11-16-20(18(26)12-22)28-21(23-16)24-19(27)9-8-17(25)15-7-6-13-4-3-5-14(13)10-15/h6-7,10H,3-5,8-9,11-12H2,1-2H3,(H,23,24,27).